The number of fused-ring (bicyclic) bond motifs is 1. The predicted octanol–water partition coefficient (Wildman–Crippen LogP) is 0.899. The van der Waals surface area contributed by atoms with Crippen LogP contribution in [0.25, 0.3) is 0 Å². The molecule has 0 bridgehead atoms. The van der Waals surface area contributed by atoms with Crippen molar-refractivity contribution < 1.29 is 14.7 Å². The molecule has 0 radical (unpaired) electrons. The lowest BCUT2D eigenvalue weighted by molar-refractivity contribution is 0.0697. The van der Waals surface area contributed by atoms with E-state index in [9.17, 15) is 14.4 Å². The number of aromatic nitrogens is 3. The molecule has 0 saturated carbocycles. The molecule has 0 spiro atoms. The maximum absolute atomic E-state index is 12.2. The van der Waals surface area contributed by atoms with Crippen molar-refractivity contribution in [3.8, 4) is 0 Å². The molecule has 2 heterocycles. The number of carbonyl (C=O) groups is 2. The lowest BCUT2D eigenvalue weighted by Crippen LogP contribution is -2.29. The van der Waals surface area contributed by atoms with Crippen LogP contribution in [0.3, 0.4) is 0 Å². The van der Waals surface area contributed by atoms with Crippen LogP contribution in [-0.2, 0) is 19.5 Å². The minimum Gasteiger partial charge on any atom is -0.478 e. The van der Waals surface area contributed by atoms with Crippen molar-refractivity contribution in [3.63, 3.8) is 0 Å². The number of amides is 1. The van der Waals surface area contributed by atoms with Crippen LogP contribution in [0.1, 0.15) is 45.8 Å². The summed E-state index contributed by atoms with van der Waals surface area (Å²) in [5.74, 6) is -0.567. The highest BCUT2D eigenvalue weighted by atomic mass is 16.4. The highest BCUT2D eigenvalue weighted by Gasteiger charge is 2.16. The van der Waals surface area contributed by atoms with Gasteiger partial charge in [-0.05, 0) is 37.5 Å². The summed E-state index contributed by atoms with van der Waals surface area (Å²) in [6.45, 7) is 1.55. The molecular formula is C17H20N4O4. The number of rotatable bonds is 6. The third-order valence-corrected chi connectivity index (χ3v) is 4.24. The van der Waals surface area contributed by atoms with Crippen molar-refractivity contribution in [1.29, 1.82) is 0 Å². The SMILES string of the molecule is O=C(O)c1cccc(C(=O)NCCCn2nc3n(c2=O)CCCC3)c1. The quantitative estimate of drug-likeness (QED) is 0.757. The highest BCUT2D eigenvalue weighted by molar-refractivity contribution is 5.97. The standard InChI is InChI=1S/C17H20N4O4/c22-15(12-5-3-6-13(11-12)16(23)24)18-8-4-10-21-17(25)20-9-2-1-7-14(20)19-21/h3,5-6,11H,1-2,4,7-10H2,(H,18,22)(H,23,24). The van der Waals surface area contributed by atoms with E-state index in [1.807, 2.05) is 0 Å². The van der Waals surface area contributed by atoms with Gasteiger partial charge in [-0.2, -0.15) is 5.10 Å². The van der Waals surface area contributed by atoms with E-state index in [1.54, 1.807) is 10.6 Å². The monoisotopic (exact) mass is 344 g/mol. The summed E-state index contributed by atoms with van der Waals surface area (Å²) in [5, 5.41) is 16.0. The topological polar surface area (TPSA) is 106 Å². The first-order chi connectivity index (χ1) is 12.1. The van der Waals surface area contributed by atoms with E-state index in [2.05, 4.69) is 10.4 Å². The van der Waals surface area contributed by atoms with Crippen molar-refractivity contribution in [3.05, 3.63) is 51.7 Å². The molecule has 0 aliphatic carbocycles. The Morgan fingerprint density at radius 2 is 2.04 bits per heavy atom. The average Bonchev–Trinajstić information content (AvgIpc) is 2.95. The molecule has 0 atom stereocenters. The number of carboxylic acids is 1. The summed E-state index contributed by atoms with van der Waals surface area (Å²) in [6.07, 6.45) is 3.46. The van der Waals surface area contributed by atoms with Crippen LogP contribution < -0.4 is 11.0 Å². The number of hydrogen-bond acceptors (Lipinski definition) is 4. The summed E-state index contributed by atoms with van der Waals surface area (Å²) in [7, 11) is 0. The van der Waals surface area contributed by atoms with Gasteiger partial charge < -0.3 is 10.4 Å². The van der Waals surface area contributed by atoms with Gasteiger partial charge in [0.25, 0.3) is 5.91 Å². The van der Waals surface area contributed by atoms with Crippen LogP contribution in [0.4, 0.5) is 0 Å². The minimum absolute atomic E-state index is 0.0720. The fourth-order valence-corrected chi connectivity index (χ4v) is 2.92. The molecule has 1 aliphatic rings. The summed E-state index contributed by atoms with van der Waals surface area (Å²) in [5.41, 5.74) is 0.285. The van der Waals surface area contributed by atoms with Crippen LogP contribution in [-0.4, -0.2) is 37.9 Å². The van der Waals surface area contributed by atoms with E-state index < -0.39 is 5.97 Å². The molecule has 0 saturated heterocycles. The Morgan fingerprint density at radius 1 is 1.24 bits per heavy atom. The Hall–Kier alpha value is -2.90. The minimum atomic E-state index is -1.07. The first-order valence-electron chi connectivity index (χ1n) is 8.34. The molecule has 1 aliphatic heterocycles. The van der Waals surface area contributed by atoms with Crippen molar-refractivity contribution in [2.24, 2.45) is 0 Å². The molecule has 1 aromatic heterocycles. The first kappa shape index (κ1) is 16.9. The lowest BCUT2D eigenvalue weighted by Gasteiger charge is -2.09. The molecule has 0 fully saturated rings. The number of aryl methyl sites for hydroxylation is 2. The van der Waals surface area contributed by atoms with Gasteiger partial charge in [0.1, 0.15) is 5.82 Å². The van der Waals surface area contributed by atoms with Gasteiger partial charge in [-0.3, -0.25) is 9.36 Å². The number of aromatic carboxylic acids is 1. The van der Waals surface area contributed by atoms with E-state index in [0.717, 1.165) is 31.6 Å². The number of benzene rings is 1. The largest absolute Gasteiger partial charge is 0.478 e. The second-order valence-corrected chi connectivity index (χ2v) is 6.03. The number of nitrogens with zero attached hydrogens (tertiary/aromatic N) is 3. The number of carboxylic acid groups (broad SMARTS) is 1. The molecular weight excluding hydrogens is 324 g/mol. The summed E-state index contributed by atoms with van der Waals surface area (Å²) in [6, 6.07) is 5.88. The highest BCUT2D eigenvalue weighted by Crippen LogP contribution is 2.09. The van der Waals surface area contributed by atoms with Gasteiger partial charge in [0, 0.05) is 31.6 Å². The molecule has 8 nitrogen and oxygen atoms in total. The van der Waals surface area contributed by atoms with E-state index >= 15 is 0 Å². The summed E-state index contributed by atoms with van der Waals surface area (Å²) in [4.78, 5) is 35.2. The van der Waals surface area contributed by atoms with Gasteiger partial charge in [0.2, 0.25) is 0 Å². The Balaban J connectivity index is 1.53. The molecule has 1 amide bonds. The van der Waals surface area contributed by atoms with Gasteiger partial charge in [-0.1, -0.05) is 6.07 Å². The normalized spacial score (nSPS) is 13.3. The molecule has 1 aromatic carbocycles. The average molecular weight is 344 g/mol. The first-order valence-corrected chi connectivity index (χ1v) is 8.34. The fourth-order valence-electron chi connectivity index (χ4n) is 2.92. The second-order valence-electron chi connectivity index (χ2n) is 6.03. The Kier molecular flexibility index (Phi) is 4.97. The van der Waals surface area contributed by atoms with E-state index in [0.29, 0.717) is 25.1 Å². The number of carbonyl (C=O) groups excluding carboxylic acids is 1. The summed E-state index contributed by atoms with van der Waals surface area (Å²) >= 11 is 0. The van der Waals surface area contributed by atoms with Crippen LogP contribution in [0.15, 0.2) is 29.1 Å². The molecule has 2 N–H and O–H groups in total. The van der Waals surface area contributed by atoms with Gasteiger partial charge in [0.15, 0.2) is 0 Å². The van der Waals surface area contributed by atoms with Gasteiger partial charge in [-0.15, -0.1) is 0 Å². The lowest BCUT2D eigenvalue weighted by atomic mass is 10.1. The number of hydrogen-bond donors (Lipinski definition) is 2. The van der Waals surface area contributed by atoms with E-state index in [1.165, 1.54) is 22.9 Å². The van der Waals surface area contributed by atoms with Crippen molar-refractivity contribution in [1.82, 2.24) is 19.7 Å². The van der Waals surface area contributed by atoms with E-state index in [-0.39, 0.29) is 17.2 Å². The molecule has 2 aromatic rings. The van der Waals surface area contributed by atoms with Crippen LogP contribution in [0, 0.1) is 0 Å². The fraction of sp³-hybridized carbons (Fsp3) is 0.412. The third-order valence-electron chi connectivity index (χ3n) is 4.24. The molecule has 8 heteroatoms. The maximum atomic E-state index is 12.2. The summed E-state index contributed by atoms with van der Waals surface area (Å²) < 4.78 is 3.18. The second kappa shape index (κ2) is 7.33. The Bertz CT molecular complexity index is 853. The van der Waals surface area contributed by atoms with Crippen molar-refractivity contribution in [2.45, 2.75) is 38.8 Å². The van der Waals surface area contributed by atoms with Crippen molar-refractivity contribution in [2.75, 3.05) is 6.54 Å². The smallest absolute Gasteiger partial charge is 0.345 e. The third kappa shape index (κ3) is 3.78. The molecule has 3 rings (SSSR count). The van der Waals surface area contributed by atoms with Crippen molar-refractivity contribution >= 4 is 11.9 Å². The zero-order valence-electron chi connectivity index (χ0n) is 13.8. The molecule has 0 unspecified atom stereocenters. The molecule has 25 heavy (non-hydrogen) atoms. The number of nitrogens with one attached hydrogen (secondary N) is 1. The Morgan fingerprint density at radius 3 is 2.80 bits per heavy atom. The van der Waals surface area contributed by atoms with Gasteiger partial charge in [-0.25, -0.2) is 14.3 Å². The van der Waals surface area contributed by atoms with Gasteiger partial charge in [0.05, 0.1) is 5.56 Å². The Labute approximate surface area is 144 Å². The van der Waals surface area contributed by atoms with E-state index in [4.69, 9.17) is 5.11 Å². The predicted molar refractivity (Wildman–Crippen MR) is 89.8 cm³/mol. The zero-order valence-corrected chi connectivity index (χ0v) is 13.8. The maximum Gasteiger partial charge on any atom is 0.345 e. The van der Waals surface area contributed by atoms with Crippen LogP contribution in [0.5, 0.6) is 0 Å². The van der Waals surface area contributed by atoms with Crippen LogP contribution in [0.2, 0.25) is 0 Å². The molecule has 132 valence electrons. The van der Waals surface area contributed by atoms with Gasteiger partial charge >= 0.3 is 11.7 Å². The zero-order chi connectivity index (χ0) is 17.8. The van der Waals surface area contributed by atoms with Crippen LogP contribution >= 0.6 is 0 Å².